The van der Waals surface area contributed by atoms with Gasteiger partial charge in [0, 0.05) is 35.9 Å². The molecule has 0 saturated carbocycles. The van der Waals surface area contributed by atoms with Crippen LogP contribution in [0.4, 0.5) is 0 Å². The average Bonchev–Trinajstić information content (AvgIpc) is 2.45. The first-order valence-corrected chi connectivity index (χ1v) is 7.40. The molecule has 0 spiro atoms. The fraction of sp³-hybridized carbons (Fsp3) is 0.267. The van der Waals surface area contributed by atoms with E-state index in [1.807, 2.05) is 45.0 Å². The van der Waals surface area contributed by atoms with Crippen molar-refractivity contribution < 1.29 is 4.21 Å². The van der Waals surface area contributed by atoms with Crippen molar-refractivity contribution in [3.8, 4) is 0 Å². The molecule has 0 fully saturated rings. The minimum absolute atomic E-state index is 0.407. The number of nitrogens with zero attached hydrogens (tertiary/aromatic N) is 3. The Morgan fingerprint density at radius 3 is 1.90 bits per heavy atom. The molecule has 0 radical (unpaired) electrons. The van der Waals surface area contributed by atoms with E-state index in [2.05, 4.69) is 14.4 Å². The lowest BCUT2D eigenvalue weighted by Crippen LogP contribution is -2.21. The van der Waals surface area contributed by atoms with Crippen molar-refractivity contribution in [1.82, 2.24) is 9.97 Å². The zero-order valence-corrected chi connectivity index (χ0v) is 12.6. The number of hydrogen-bond acceptors (Lipinski definition) is 3. The van der Waals surface area contributed by atoms with Crippen molar-refractivity contribution in [2.24, 2.45) is 4.40 Å². The number of aromatic nitrogens is 2. The zero-order valence-electron chi connectivity index (χ0n) is 11.8. The predicted molar refractivity (Wildman–Crippen MR) is 82.0 cm³/mol. The van der Waals surface area contributed by atoms with Crippen LogP contribution >= 0.6 is 0 Å². The Bertz CT molecular complexity index is 577. The van der Waals surface area contributed by atoms with Crippen LogP contribution in [0.15, 0.2) is 53.5 Å². The highest BCUT2D eigenvalue weighted by molar-refractivity contribution is 7.85. The first kappa shape index (κ1) is 14.5. The molecule has 2 aromatic rings. The van der Waals surface area contributed by atoms with E-state index in [0.717, 1.165) is 11.1 Å². The predicted octanol–water partition coefficient (Wildman–Crippen LogP) is 2.78. The highest BCUT2D eigenvalue weighted by Gasteiger charge is 2.20. The summed E-state index contributed by atoms with van der Waals surface area (Å²) in [6, 6.07) is 7.47. The summed E-state index contributed by atoms with van der Waals surface area (Å²) in [6.07, 6.45) is 6.83. The minimum Gasteiger partial charge on any atom is -0.264 e. The third-order valence-corrected chi connectivity index (χ3v) is 3.96. The Hall–Kier alpha value is -1.88. The molecule has 0 amide bonds. The van der Waals surface area contributed by atoms with Crippen LogP contribution in [0.5, 0.6) is 0 Å². The summed E-state index contributed by atoms with van der Waals surface area (Å²) >= 11 is 0. The molecule has 5 heteroatoms. The van der Waals surface area contributed by atoms with Gasteiger partial charge in [0.25, 0.3) is 0 Å². The summed E-state index contributed by atoms with van der Waals surface area (Å²) in [5.41, 5.74) is 2.32. The Morgan fingerprint density at radius 2 is 1.55 bits per heavy atom. The zero-order chi connectivity index (χ0) is 14.6. The smallest absolute Gasteiger partial charge is 0.145 e. The van der Waals surface area contributed by atoms with Crippen molar-refractivity contribution in [2.75, 3.05) is 0 Å². The first-order valence-electron chi connectivity index (χ1n) is 6.30. The standard InChI is InChI=1S/C15H17N3OS/c1-15(2,3)20(19)18-14(12-6-4-8-16-10-12)13-7-5-9-17-11-13/h4-11H,1-3H3. The lowest BCUT2D eigenvalue weighted by molar-refractivity contribution is 0.650. The molecule has 0 bridgehead atoms. The largest absolute Gasteiger partial charge is 0.264 e. The van der Waals surface area contributed by atoms with Crippen LogP contribution in [0.3, 0.4) is 0 Å². The molecule has 0 aliphatic heterocycles. The molecule has 1 atom stereocenters. The van der Waals surface area contributed by atoms with Gasteiger partial charge in [-0.05, 0) is 45.0 Å². The van der Waals surface area contributed by atoms with Gasteiger partial charge in [0.2, 0.25) is 0 Å². The summed E-state index contributed by atoms with van der Waals surface area (Å²) in [7, 11) is -1.34. The second kappa shape index (κ2) is 6.05. The number of rotatable bonds is 3. The lowest BCUT2D eigenvalue weighted by atomic mass is 10.1. The molecule has 0 N–H and O–H groups in total. The topological polar surface area (TPSA) is 55.2 Å². The van der Waals surface area contributed by atoms with Gasteiger partial charge in [-0.1, -0.05) is 0 Å². The lowest BCUT2D eigenvalue weighted by Gasteiger charge is -2.15. The van der Waals surface area contributed by atoms with E-state index in [-0.39, 0.29) is 0 Å². The molecule has 1 unspecified atom stereocenters. The molecule has 104 valence electrons. The first-order chi connectivity index (χ1) is 9.48. The van der Waals surface area contributed by atoms with Crippen LogP contribution < -0.4 is 0 Å². The van der Waals surface area contributed by atoms with Gasteiger partial charge in [0.1, 0.15) is 11.0 Å². The van der Waals surface area contributed by atoms with Crippen molar-refractivity contribution in [1.29, 1.82) is 0 Å². The molecular formula is C15H17N3OS. The molecule has 0 aliphatic carbocycles. The average molecular weight is 287 g/mol. The van der Waals surface area contributed by atoms with E-state index >= 15 is 0 Å². The van der Waals surface area contributed by atoms with Crippen molar-refractivity contribution in [3.63, 3.8) is 0 Å². The maximum atomic E-state index is 12.3. The molecule has 4 nitrogen and oxygen atoms in total. The third-order valence-electron chi connectivity index (χ3n) is 2.57. The Morgan fingerprint density at radius 1 is 1.05 bits per heavy atom. The minimum atomic E-state index is -1.34. The van der Waals surface area contributed by atoms with Gasteiger partial charge < -0.3 is 0 Å². The summed E-state index contributed by atoms with van der Waals surface area (Å²) in [5.74, 6) is 0. The maximum absolute atomic E-state index is 12.3. The van der Waals surface area contributed by atoms with Crippen molar-refractivity contribution in [2.45, 2.75) is 25.5 Å². The molecule has 0 saturated heterocycles. The van der Waals surface area contributed by atoms with E-state index in [1.54, 1.807) is 24.8 Å². The van der Waals surface area contributed by atoms with Gasteiger partial charge in [0.15, 0.2) is 0 Å². The van der Waals surface area contributed by atoms with Crippen LogP contribution in [0.25, 0.3) is 0 Å². The maximum Gasteiger partial charge on any atom is 0.145 e. The van der Waals surface area contributed by atoms with E-state index < -0.39 is 15.7 Å². The summed E-state index contributed by atoms with van der Waals surface area (Å²) in [5, 5.41) is 0. The summed E-state index contributed by atoms with van der Waals surface area (Å²) in [4.78, 5) is 8.20. The molecule has 2 heterocycles. The van der Waals surface area contributed by atoms with Crippen molar-refractivity contribution in [3.05, 3.63) is 60.2 Å². The van der Waals surface area contributed by atoms with E-state index in [1.165, 1.54) is 0 Å². The SMILES string of the molecule is CC(C)(C)S(=O)N=C(c1cccnc1)c1cccnc1. The van der Waals surface area contributed by atoms with E-state index in [9.17, 15) is 4.21 Å². The normalized spacial score (nSPS) is 12.8. The Labute approximate surface area is 121 Å². The van der Waals surface area contributed by atoms with E-state index in [0.29, 0.717) is 5.71 Å². The molecule has 20 heavy (non-hydrogen) atoms. The molecule has 0 aromatic carbocycles. The van der Waals surface area contributed by atoms with Gasteiger partial charge in [-0.25, -0.2) is 4.21 Å². The monoisotopic (exact) mass is 287 g/mol. The van der Waals surface area contributed by atoms with Gasteiger partial charge in [-0.15, -0.1) is 0 Å². The highest BCUT2D eigenvalue weighted by Crippen LogP contribution is 2.16. The van der Waals surface area contributed by atoms with Crippen LogP contribution in [0.2, 0.25) is 0 Å². The fourth-order valence-corrected chi connectivity index (χ4v) is 2.15. The van der Waals surface area contributed by atoms with Gasteiger partial charge in [-0.2, -0.15) is 4.40 Å². The highest BCUT2D eigenvalue weighted by atomic mass is 32.2. The van der Waals surface area contributed by atoms with Crippen molar-refractivity contribution >= 4 is 16.7 Å². The van der Waals surface area contributed by atoms with Crippen LogP contribution in [0, 0.1) is 0 Å². The second-order valence-electron chi connectivity index (χ2n) is 5.28. The van der Waals surface area contributed by atoms with Gasteiger partial charge in [-0.3, -0.25) is 9.97 Å². The molecule has 2 rings (SSSR count). The Balaban J connectivity index is 2.52. The second-order valence-corrected chi connectivity index (χ2v) is 7.19. The molecule has 0 aliphatic rings. The van der Waals surface area contributed by atoms with Gasteiger partial charge >= 0.3 is 0 Å². The quantitative estimate of drug-likeness (QED) is 0.816. The van der Waals surface area contributed by atoms with Crippen LogP contribution in [-0.2, 0) is 11.0 Å². The van der Waals surface area contributed by atoms with Gasteiger partial charge in [0.05, 0.1) is 10.5 Å². The van der Waals surface area contributed by atoms with E-state index in [4.69, 9.17) is 0 Å². The number of pyridine rings is 2. The summed E-state index contributed by atoms with van der Waals surface area (Å²) < 4.78 is 16.3. The van der Waals surface area contributed by atoms with Crippen LogP contribution in [0.1, 0.15) is 31.9 Å². The fourth-order valence-electron chi connectivity index (χ4n) is 1.50. The third kappa shape index (κ3) is 3.57. The number of hydrogen-bond donors (Lipinski definition) is 0. The molecule has 2 aromatic heterocycles. The summed E-state index contributed by atoms with van der Waals surface area (Å²) in [6.45, 7) is 5.70. The molecular weight excluding hydrogens is 270 g/mol. The van der Waals surface area contributed by atoms with Crippen LogP contribution in [-0.4, -0.2) is 24.6 Å². The Kier molecular flexibility index (Phi) is 4.39.